The van der Waals surface area contributed by atoms with Crippen molar-refractivity contribution in [1.29, 1.82) is 0 Å². The molecule has 0 radical (unpaired) electrons. The van der Waals surface area contributed by atoms with Crippen LogP contribution in [0.5, 0.6) is 0 Å². The minimum absolute atomic E-state index is 0.0479. The Hall–Kier alpha value is -0.140. The number of nitrogens with one attached hydrogen (secondary N) is 1. The second-order valence-corrected chi connectivity index (χ2v) is 6.73. The van der Waals surface area contributed by atoms with Crippen LogP contribution in [-0.2, 0) is 6.42 Å². The van der Waals surface area contributed by atoms with Gasteiger partial charge in [0, 0.05) is 13.1 Å². The lowest BCUT2D eigenvalue weighted by Gasteiger charge is -2.18. The first kappa shape index (κ1) is 15.3. The molecule has 0 amide bonds. The SMILES string of the molecule is NNC(Cc1ccc(Br)cc1)c1cc(Cl)ccc1I. The molecule has 2 nitrogen and oxygen atoms in total. The lowest BCUT2D eigenvalue weighted by Crippen LogP contribution is -2.30. The number of hydrogen-bond acceptors (Lipinski definition) is 2. The summed E-state index contributed by atoms with van der Waals surface area (Å²) in [5.74, 6) is 5.70. The summed E-state index contributed by atoms with van der Waals surface area (Å²) in [5.41, 5.74) is 5.22. The second kappa shape index (κ2) is 7.04. The lowest BCUT2D eigenvalue weighted by molar-refractivity contribution is 0.550. The Kier molecular flexibility index (Phi) is 5.65. The van der Waals surface area contributed by atoms with Crippen molar-refractivity contribution in [2.45, 2.75) is 12.5 Å². The van der Waals surface area contributed by atoms with Crippen molar-refractivity contribution in [2.24, 2.45) is 5.84 Å². The molecule has 0 saturated heterocycles. The standard InChI is InChI=1S/C14H13BrClIN2/c15-10-3-1-9(2-4-10)7-14(19-18)12-8-11(16)5-6-13(12)17/h1-6,8,14,19H,7,18H2. The van der Waals surface area contributed by atoms with Gasteiger partial charge in [0.25, 0.3) is 0 Å². The smallest absolute Gasteiger partial charge is 0.0511 e. The molecule has 5 heteroatoms. The fraction of sp³-hybridized carbons (Fsp3) is 0.143. The van der Waals surface area contributed by atoms with Crippen molar-refractivity contribution in [2.75, 3.05) is 0 Å². The predicted octanol–water partition coefficient (Wildman–Crippen LogP) is 4.45. The molecule has 0 saturated carbocycles. The fourth-order valence-corrected chi connectivity index (χ4v) is 3.05. The summed E-state index contributed by atoms with van der Waals surface area (Å²) in [4.78, 5) is 0. The molecule has 0 bridgehead atoms. The highest BCUT2D eigenvalue weighted by Gasteiger charge is 2.14. The van der Waals surface area contributed by atoms with Crippen molar-refractivity contribution in [1.82, 2.24) is 5.43 Å². The monoisotopic (exact) mass is 450 g/mol. The minimum atomic E-state index is 0.0479. The van der Waals surface area contributed by atoms with Crippen LogP contribution in [0, 0.1) is 3.57 Å². The minimum Gasteiger partial charge on any atom is -0.271 e. The molecule has 0 aliphatic rings. The summed E-state index contributed by atoms with van der Waals surface area (Å²) in [6.45, 7) is 0. The van der Waals surface area contributed by atoms with Gasteiger partial charge in [-0.15, -0.1) is 0 Å². The molecule has 1 atom stereocenters. The van der Waals surface area contributed by atoms with E-state index in [2.05, 4.69) is 56.1 Å². The van der Waals surface area contributed by atoms with Gasteiger partial charge >= 0.3 is 0 Å². The molecule has 2 rings (SSSR count). The molecule has 19 heavy (non-hydrogen) atoms. The number of nitrogens with two attached hydrogens (primary N) is 1. The zero-order chi connectivity index (χ0) is 13.8. The van der Waals surface area contributed by atoms with Crippen LogP contribution in [-0.4, -0.2) is 0 Å². The van der Waals surface area contributed by atoms with Gasteiger partial charge in [0.05, 0.1) is 6.04 Å². The fourth-order valence-electron chi connectivity index (χ4n) is 1.90. The van der Waals surface area contributed by atoms with E-state index in [-0.39, 0.29) is 6.04 Å². The Morgan fingerprint density at radius 3 is 2.53 bits per heavy atom. The third kappa shape index (κ3) is 4.16. The van der Waals surface area contributed by atoms with E-state index in [4.69, 9.17) is 17.4 Å². The van der Waals surface area contributed by atoms with Gasteiger partial charge in [0.15, 0.2) is 0 Å². The van der Waals surface area contributed by atoms with Crippen LogP contribution in [0.15, 0.2) is 46.9 Å². The van der Waals surface area contributed by atoms with E-state index >= 15 is 0 Å². The predicted molar refractivity (Wildman–Crippen MR) is 92.1 cm³/mol. The van der Waals surface area contributed by atoms with Crippen LogP contribution in [0.1, 0.15) is 17.2 Å². The van der Waals surface area contributed by atoms with Crippen LogP contribution >= 0.6 is 50.1 Å². The largest absolute Gasteiger partial charge is 0.271 e. The molecule has 0 spiro atoms. The van der Waals surface area contributed by atoms with Crippen molar-refractivity contribution in [3.05, 3.63) is 66.7 Å². The van der Waals surface area contributed by atoms with E-state index in [1.165, 1.54) is 5.56 Å². The summed E-state index contributed by atoms with van der Waals surface area (Å²) in [6, 6.07) is 14.2. The Morgan fingerprint density at radius 2 is 1.89 bits per heavy atom. The Morgan fingerprint density at radius 1 is 1.21 bits per heavy atom. The number of hydrazine groups is 1. The molecular weight excluding hydrogens is 438 g/mol. The van der Waals surface area contributed by atoms with Crippen molar-refractivity contribution < 1.29 is 0 Å². The molecule has 2 aromatic rings. The van der Waals surface area contributed by atoms with Crippen molar-refractivity contribution in [3.8, 4) is 0 Å². The van der Waals surface area contributed by atoms with Gasteiger partial charge in [-0.1, -0.05) is 39.7 Å². The molecule has 2 aromatic carbocycles. The van der Waals surface area contributed by atoms with Crippen LogP contribution in [0.4, 0.5) is 0 Å². The van der Waals surface area contributed by atoms with Gasteiger partial charge in [-0.25, -0.2) is 0 Å². The van der Waals surface area contributed by atoms with Gasteiger partial charge in [-0.3, -0.25) is 11.3 Å². The van der Waals surface area contributed by atoms with Crippen LogP contribution in [0.3, 0.4) is 0 Å². The average Bonchev–Trinajstić information content (AvgIpc) is 2.41. The highest BCUT2D eigenvalue weighted by molar-refractivity contribution is 14.1. The van der Waals surface area contributed by atoms with Crippen LogP contribution in [0.25, 0.3) is 0 Å². The highest BCUT2D eigenvalue weighted by Crippen LogP contribution is 2.26. The lowest BCUT2D eigenvalue weighted by atomic mass is 9.99. The number of hydrogen-bond donors (Lipinski definition) is 2. The van der Waals surface area contributed by atoms with Gasteiger partial charge < -0.3 is 0 Å². The average molecular weight is 452 g/mol. The quantitative estimate of drug-likeness (QED) is 0.409. The summed E-state index contributed by atoms with van der Waals surface area (Å²) < 4.78 is 2.23. The maximum Gasteiger partial charge on any atom is 0.0511 e. The summed E-state index contributed by atoms with van der Waals surface area (Å²) in [7, 11) is 0. The Bertz CT molecular complexity index is 560. The van der Waals surface area contributed by atoms with Crippen molar-refractivity contribution >= 4 is 50.1 Å². The topological polar surface area (TPSA) is 38.0 Å². The molecule has 0 aliphatic heterocycles. The van der Waals surface area contributed by atoms with E-state index in [1.54, 1.807) is 0 Å². The molecule has 3 N–H and O–H groups in total. The molecule has 1 unspecified atom stereocenters. The van der Waals surface area contributed by atoms with E-state index in [9.17, 15) is 0 Å². The van der Waals surface area contributed by atoms with Crippen LogP contribution in [0.2, 0.25) is 5.02 Å². The zero-order valence-electron chi connectivity index (χ0n) is 10.0. The second-order valence-electron chi connectivity index (χ2n) is 4.22. The summed E-state index contributed by atoms with van der Waals surface area (Å²) in [6.07, 6.45) is 0.820. The van der Waals surface area contributed by atoms with Gasteiger partial charge in [-0.05, 0) is 70.5 Å². The first-order chi connectivity index (χ1) is 9.10. The normalized spacial score (nSPS) is 12.4. The Labute approximate surface area is 140 Å². The van der Waals surface area contributed by atoms with Crippen LogP contribution < -0.4 is 11.3 Å². The van der Waals surface area contributed by atoms with E-state index in [0.29, 0.717) is 0 Å². The third-order valence-corrected chi connectivity index (χ3v) is 4.63. The molecule has 0 heterocycles. The van der Waals surface area contributed by atoms with Gasteiger partial charge in [-0.2, -0.15) is 0 Å². The maximum atomic E-state index is 6.06. The highest BCUT2D eigenvalue weighted by atomic mass is 127. The number of halogens is 3. The summed E-state index contributed by atoms with van der Waals surface area (Å²) in [5, 5.41) is 0.728. The van der Waals surface area contributed by atoms with E-state index in [0.717, 1.165) is 25.0 Å². The van der Waals surface area contributed by atoms with Crippen molar-refractivity contribution in [3.63, 3.8) is 0 Å². The molecular formula is C14H13BrClIN2. The van der Waals surface area contributed by atoms with E-state index in [1.807, 2.05) is 30.3 Å². The van der Waals surface area contributed by atoms with Gasteiger partial charge in [0.1, 0.15) is 0 Å². The molecule has 0 aromatic heterocycles. The first-order valence-electron chi connectivity index (χ1n) is 5.75. The number of rotatable bonds is 4. The first-order valence-corrected chi connectivity index (χ1v) is 8.00. The summed E-state index contributed by atoms with van der Waals surface area (Å²) >= 11 is 11.8. The molecule has 100 valence electrons. The molecule has 0 aliphatic carbocycles. The number of benzene rings is 2. The third-order valence-electron chi connectivity index (χ3n) is 2.89. The van der Waals surface area contributed by atoms with Gasteiger partial charge in [0.2, 0.25) is 0 Å². The Balaban J connectivity index is 2.24. The maximum absolute atomic E-state index is 6.06. The molecule has 0 fully saturated rings. The van der Waals surface area contributed by atoms with E-state index < -0.39 is 0 Å². The zero-order valence-corrected chi connectivity index (χ0v) is 14.5.